The van der Waals surface area contributed by atoms with Gasteiger partial charge in [0.1, 0.15) is 0 Å². The Balaban J connectivity index is 2.15. The number of imidazole rings is 1. The molecule has 8 heteroatoms. The first-order chi connectivity index (χ1) is 10.1. The van der Waals surface area contributed by atoms with Gasteiger partial charge in [-0.15, -0.1) is 0 Å². The van der Waals surface area contributed by atoms with Gasteiger partial charge in [0.25, 0.3) is 5.56 Å². The second-order valence-electron chi connectivity index (χ2n) is 4.92. The molecule has 0 aromatic carbocycles. The summed E-state index contributed by atoms with van der Waals surface area (Å²) in [5.74, 6) is 0. The highest BCUT2D eigenvalue weighted by Crippen LogP contribution is 2.06. The Morgan fingerprint density at radius 3 is 2.62 bits per heavy atom. The second-order valence-corrected chi connectivity index (χ2v) is 4.92. The highest BCUT2D eigenvalue weighted by molar-refractivity contribution is 5.69. The molecule has 2 heterocycles. The molecule has 116 valence electrons. The first-order valence-electron chi connectivity index (χ1n) is 6.96. The second kappa shape index (κ2) is 6.68. The van der Waals surface area contributed by atoms with Crippen LogP contribution in [0.1, 0.15) is 12.8 Å². The van der Waals surface area contributed by atoms with E-state index in [9.17, 15) is 9.59 Å². The number of fused-ring (bicyclic) bond motifs is 1. The summed E-state index contributed by atoms with van der Waals surface area (Å²) in [5, 5.41) is 0. The molecular weight excluding hydrogens is 274 g/mol. The monoisotopic (exact) mass is 295 g/mol. The zero-order valence-corrected chi connectivity index (χ0v) is 12.4. The summed E-state index contributed by atoms with van der Waals surface area (Å²) < 4.78 is 9.67. The molecule has 0 atom stereocenters. The number of aryl methyl sites for hydroxylation is 2. The van der Waals surface area contributed by atoms with Gasteiger partial charge in [-0.25, -0.2) is 9.78 Å². The summed E-state index contributed by atoms with van der Waals surface area (Å²) in [5.41, 5.74) is 5.54. The summed E-state index contributed by atoms with van der Waals surface area (Å²) in [7, 11) is 3.08. The summed E-state index contributed by atoms with van der Waals surface area (Å²) >= 11 is 0. The third kappa shape index (κ3) is 3.06. The van der Waals surface area contributed by atoms with Gasteiger partial charge in [0.15, 0.2) is 11.2 Å². The molecule has 2 aromatic heterocycles. The fraction of sp³-hybridized carbons (Fsp3) is 0.615. The smallest absolute Gasteiger partial charge is 0.332 e. The highest BCUT2D eigenvalue weighted by Gasteiger charge is 2.13. The van der Waals surface area contributed by atoms with E-state index in [1.165, 1.54) is 11.6 Å². The van der Waals surface area contributed by atoms with Crippen LogP contribution in [0.2, 0.25) is 0 Å². The molecule has 0 unspecified atom stereocenters. The summed E-state index contributed by atoms with van der Waals surface area (Å²) in [6.45, 7) is 2.49. The van der Waals surface area contributed by atoms with Crippen molar-refractivity contribution in [3.05, 3.63) is 27.2 Å². The van der Waals surface area contributed by atoms with Crippen LogP contribution < -0.4 is 17.0 Å². The van der Waals surface area contributed by atoms with Crippen LogP contribution in [0.15, 0.2) is 15.9 Å². The number of nitrogens with zero attached hydrogens (tertiary/aromatic N) is 4. The molecule has 0 aliphatic carbocycles. The molecule has 0 amide bonds. The predicted molar refractivity (Wildman–Crippen MR) is 79.3 cm³/mol. The molecule has 0 spiro atoms. The quantitative estimate of drug-likeness (QED) is 0.674. The zero-order valence-electron chi connectivity index (χ0n) is 12.4. The van der Waals surface area contributed by atoms with E-state index in [1.807, 2.05) is 0 Å². The van der Waals surface area contributed by atoms with E-state index < -0.39 is 0 Å². The lowest BCUT2D eigenvalue weighted by atomic mass is 10.4. The fourth-order valence-electron chi connectivity index (χ4n) is 2.19. The van der Waals surface area contributed by atoms with Crippen LogP contribution in [-0.2, 0) is 25.4 Å². The minimum absolute atomic E-state index is 0.324. The lowest BCUT2D eigenvalue weighted by Crippen LogP contribution is -2.37. The van der Waals surface area contributed by atoms with Crippen molar-refractivity contribution in [2.75, 3.05) is 19.8 Å². The Morgan fingerprint density at radius 2 is 1.90 bits per heavy atom. The largest absolute Gasteiger partial charge is 0.381 e. The van der Waals surface area contributed by atoms with Crippen LogP contribution in [0.4, 0.5) is 0 Å². The maximum absolute atomic E-state index is 12.2. The molecule has 0 aliphatic rings. The van der Waals surface area contributed by atoms with Crippen LogP contribution in [0.3, 0.4) is 0 Å². The number of hydrogen-bond acceptors (Lipinski definition) is 5. The van der Waals surface area contributed by atoms with E-state index in [0.29, 0.717) is 37.5 Å². The standard InChI is InChI=1S/C13H21N5O3/c1-16-11-10(12(19)17(2)13(16)20)18(9-15-11)6-4-8-21-7-3-5-14/h9H,3-8,14H2,1-2H3. The molecule has 0 saturated heterocycles. The third-order valence-corrected chi connectivity index (χ3v) is 3.40. The van der Waals surface area contributed by atoms with Crippen molar-refractivity contribution in [2.24, 2.45) is 19.8 Å². The van der Waals surface area contributed by atoms with E-state index in [2.05, 4.69) is 4.98 Å². The molecule has 21 heavy (non-hydrogen) atoms. The van der Waals surface area contributed by atoms with E-state index in [0.717, 1.165) is 17.4 Å². The number of rotatable bonds is 7. The van der Waals surface area contributed by atoms with Crippen LogP contribution in [0.25, 0.3) is 11.2 Å². The van der Waals surface area contributed by atoms with Gasteiger partial charge in [0.2, 0.25) is 0 Å². The van der Waals surface area contributed by atoms with Gasteiger partial charge < -0.3 is 15.0 Å². The SMILES string of the molecule is Cn1c(=O)c2c(ncn2CCCOCCCN)n(C)c1=O. The maximum Gasteiger partial charge on any atom is 0.332 e. The Labute approximate surface area is 121 Å². The van der Waals surface area contributed by atoms with Crippen molar-refractivity contribution in [1.29, 1.82) is 0 Å². The topological polar surface area (TPSA) is 97.1 Å². The van der Waals surface area contributed by atoms with Crippen molar-refractivity contribution in [2.45, 2.75) is 19.4 Å². The van der Waals surface area contributed by atoms with Crippen molar-refractivity contribution >= 4 is 11.2 Å². The van der Waals surface area contributed by atoms with Crippen LogP contribution in [-0.4, -0.2) is 38.4 Å². The van der Waals surface area contributed by atoms with E-state index in [-0.39, 0.29) is 11.2 Å². The molecule has 2 rings (SSSR count). The van der Waals surface area contributed by atoms with Crippen LogP contribution >= 0.6 is 0 Å². The van der Waals surface area contributed by atoms with Gasteiger partial charge in [-0.2, -0.15) is 0 Å². The minimum atomic E-state index is -0.372. The normalized spacial score (nSPS) is 11.4. The zero-order chi connectivity index (χ0) is 15.4. The van der Waals surface area contributed by atoms with Crippen LogP contribution in [0, 0.1) is 0 Å². The minimum Gasteiger partial charge on any atom is -0.381 e. The van der Waals surface area contributed by atoms with Gasteiger partial charge in [0, 0.05) is 33.9 Å². The molecule has 0 aliphatic heterocycles. The third-order valence-electron chi connectivity index (χ3n) is 3.40. The molecule has 2 aromatic rings. The van der Waals surface area contributed by atoms with Gasteiger partial charge in [-0.05, 0) is 19.4 Å². The Hall–Kier alpha value is -1.93. The maximum atomic E-state index is 12.2. The average molecular weight is 295 g/mol. The van der Waals surface area contributed by atoms with Gasteiger partial charge in [-0.3, -0.25) is 13.9 Å². The first-order valence-corrected chi connectivity index (χ1v) is 6.96. The molecule has 8 nitrogen and oxygen atoms in total. The summed E-state index contributed by atoms with van der Waals surface area (Å²) in [4.78, 5) is 28.2. The highest BCUT2D eigenvalue weighted by atomic mass is 16.5. The van der Waals surface area contributed by atoms with Crippen LogP contribution in [0.5, 0.6) is 0 Å². The Kier molecular flexibility index (Phi) is 4.92. The molecular formula is C13H21N5O3. The average Bonchev–Trinajstić information content (AvgIpc) is 2.90. The predicted octanol–water partition coefficient (Wildman–Crippen LogP) is -0.811. The summed E-state index contributed by atoms with van der Waals surface area (Å²) in [6.07, 6.45) is 3.20. The Morgan fingerprint density at radius 1 is 1.19 bits per heavy atom. The fourth-order valence-corrected chi connectivity index (χ4v) is 2.19. The molecule has 0 fully saturated rings. The van der Waals surface area contributed by atoms with E-state index in [4.69, 9.17) is 10.5 Å². The van der Waals surface area contributed by atoms with E-state index in [1.54, 1.807) is 17.9 Å². The van der Waals surface area contributed by atoms with Crippen molar-refractivity contribution in [3.63, 3.8) is 0 Å². The van der Waals surface area contributed by atoms with Crippen molar-refractivity contribution < 1.29 is 4.74 Å². The molecule has 0 bridgehead atoms. The first kappa shape index (κ1) is 15.5. The number of ether oxygens (including phenoxy) is 1. The van der Waals surface area contributed by atoms with Gasteiger partial charge in [0.05, 0.1) is 6.33 Å². The lowest BCUT2D eigenvalue weighted by Gasteiger charge is -2.07. The number of hydrogen-bond donors (Lipinski definition) is 1. The van der Waals surface area contributed by atoms with Gasteiger partial charge >= 0.3 is 5.69 Å². The van der Waals surface area contributed by atoms with Gasteiger partial charge in [-0.1, -0.05) is 0 Å². The number of nitrogens with two attached hydrogens (primary N) is 1. The lowest BCUT2D eigenvalue weighted by molar-refractivity contribution is 0.128. The molecule has 2 N–H and O–H groups in total. The summed E-state index contributed by atoms with van der Waals surface area (Å²) in [6, 6.07) is 0. The van der Waals surface area contributed by atoms with Crippen molar-refractivity contribution in [1.82, 2.24) is 18.7 Å². The molecule has 0 saturated carbocycles. The van der Waals surface area contributed by atoms with E-state index >= 15 is 0 Å². The number of aromatic nitrogens is 4. The van der Waals surface area contributed by atoms with Crippen molar-refractivity contribution in [3.8, 4) is 0 Å². The Bertz CT molecular complexity index is 728. The molecule has 0 radical (unpaired) electrons.